The van der Waals surface area contributed by atoms with Crippen LogP contribution in [0.5, 0.6) is 0 Å². The molecule has 8 heteroatoms. The van der Waals surface area contributed by atoms with Gasteiger partial charge in [0.05, 0.1) is 4.90 Å². The van der Waals surface area contributed by atoms with Gasteiger partial charge in [-0.1, -0.05) is 17.8 Å². The van der Waals surface area contributed by atoms with Crippen molar-refractivity contribution in [3.63, 3.8) is 0 Å². The van der Waals surface area contributed by atoms with Crippen LogP contribution in [-0.2, 0) is 9.84 Å². The van der Waals surface area contributed by atoms with Gasteiger partial charge in [0.15, 0.2) is 0 Å². The average molecular weight is 367 g/mol. The zero-order valence-corrected chi connectivity index (χ0v) is 14.0. The number of hydrogen-bond donors (Lipinski definition) is 0. The molecular weight excluding hydrogens is 356 g/mol. The molecule has 0 aliphatic carbocycles. The molecule has 0 amide bonds. The van der Waals surface area contributed by atoms with Gasteiger partial charge in [0.1, 0.15) is 11.6 Å². The Morgan fingerprint density at radius 3 is 2.38 bits per heavy atom. The molecule has 3 aromatic rings. The zero-order chi connectivity index (χ0) is 17.3. The molecule has 0 aliphatic rings. The lowest BCUT2D eigenvalue weighted by atomic mass is 10.2. The molecule has 0 aliphatic heterocycles. The van der Waals surface area contributed by atoms with Crippen LogP contribution < -0.4 is 0 Å². The Labute approximate surface area is 141 Å². The SMILES string of the molecule is CSc1oc(-c2ccc(F)cc2)nc1S(=O)(=O)c1cccc(F)c1. The molecule has 4 nitrogen and oxygen atoms in total. The van der Waals surface area contributed by atoms with Gasteiger partial charge in [-0.3, -0.25) is 0 Å². The molecule has 24 heavy (non-hydrogen) atoms. The molecule has 0 N–H and O–H groups in total. The van der Waals surface area contributed by atoms with Gasteiger partial charge in [-0.15, -0.1) is 0 Å². The van der Waals surface area contributed by atoms with Gasteiger partial charge in [0.25, 0.3) is 0 Å². The average Bonchev–Trinajstić information content (AvgIpc) is 3.00. The standard InChI is InChI=1S/C16H11F2NO3S2/c1-23-16-15(24(20,21)13-4-2-3-12(18)9-13)19-14(22-16)10-5-7-11(17)8-6-10/h2-9H,1H3. The number of oxazole rings is 1. The van der Waals surface area contributed by atoms with E-state index >= 15 is 0 Å². The van der Waals surface area contributed by atoms with Crippen LogP contribution in [0.25, 0.3) is 11.5 Å². The van der Waals surface area contributed by atoms with E-state index in [4.69, 9.17) is 4.42 Å². The van der Waals surface area contributed by atoms with Crippen LogP contribution in [0, 0.1) is 11.6 Å². The van der Waals surface area contributed by atoms with E-state index in [9.17, 15) is 17.2 Å². The summed E-state index contributed by atoms with van der Waals surface area (Å²) in [4.78, 5) is 3.83. The van der Waals surface area contributed by atoms with Crippen molar-refractivity contribution in [2.24, 2.45) is 0 Å². The van der Waals surface area contributed by atoms with Crippen LogP contribution in [0.4, 0.5) is 8.78 Å². The number of benzene rings is 2. The largest absolute Gasteiger partial charge is 0.428 e. The van der Waals surface area contributed by atoms with Crippen molar-refractivity contribution in [1.29, 1.82) is 0 Å². The quantitative estimate of drug-likeness (QED) is 0.648. The summed E-state index contributed by atoms with van der Waals surface area (Å²) in [5.74, 6) is -1.04. The number of halogens is 2. The highest BCUT2D eigenvalue weighted by molar-refractivity contribution is 7.99. The minimum Gasteiger partial charge on any atom is -0.428 e. The van der Waals surface area contributed by atoms with Crippen molar-refractivity contribution >= 4 is 21.6 Å². The van der Waals surface area contributed by atoms with Crippen molar-refractivity contribution in [2.45, 2.75) is 15.0 Å². The predicted molar refractivity (Wildman–Crippen MR) is 85.5 cm³/mol. The first-order valence-electron chi connectivity index (χ1n) is 6.73. The van der Waals surface area contributed by atoms with E-state index in [1.807, 2.05) is 0 Å². The Bertz CT molecular complexity index is 983. The fourth-order valence-corrected chi connectivity index (χ4v) is 4.23. The third-order valence-corrected chi connectivity index (χ3v) is 5.64. The van der Waals surface area contributed by atoms with Crippen LogP contribution >= 0.6 is 11.8 Å². The smallest absolute Gasteiger partial charge is 0.228 e. The monoisotopic (exact) mass is 367 g/mol. The fraction of sp³-hybridized carbons (Fsp3) is 0.0625. The van der Waals surface area contributed by atoms with Crippen LogP contribution in [0.1, 0.15) is 0 Å². The Hall–Kier alpha value is -2.19. The van der Waals surface area contributed by atoms with Crippen molar-refractivity contribution in [3.05, 3.63) is 60.2 Å². The molecule has 1 aromatic heterocycles. The predicted octanol–water partition coefficient (Wildman–Crippen LogP) is 4.17. The van der Waals surface area contributed by atoms with Crippen LogP contribution in [0.15, 0.2) is 68.0 Å². The molecule has 1 heterocycles. The highest BCUT2D eigenvalue weighted by atomic mass is 32.2. The van der Waals surface area contributed by atoms with Crippen molar-refractivity contribution in [2.75, 3.05) is 6.26 Å². The normalized spacial score (nSPS) is 11.6. The third-order valence-electron chi connectivity index (χ3n) is 3.20. The van der Waals surface area contributed by atoms with E-state index in [1.54, 1.807) is 6.26 Å². The molecule has 0 unspecified atom stereocenters. The maximum absolute atomic E-state index is 13.4. The van der Waals surface area contributed by atoms with Crippen molar-refractivity contribution in [3.8, 4) is 11.5 Å². The maximum atomic E-state index is 13.4. The van der Waals surface area contributed by atoms with E-state index in [2.05, 4.69) is 4.98 Å². The first kappa shape index (κ1) is 16.7. The lowest BCUT2D eigenvalue weighted by Gasteiger charge is -2.02. The Kier molecular flexibility index (Phi) is 4.42. The highest BCUT2D eigenvalue weighted by Gasteiger charge is 2.28. The van der Waals surface area contributed by atoms with Crippen LogP contribution in [0.2, 0.25) is 0 Å². The van der Waals surface area contributed by atoms with Gasteiger partial charge in [0, 0.05) is 5.56 Å². The second-order valence-electron chi connectivity index (χ2n) is 4.78. The topological polar surface area (TPSA) is 60.2 Å². The molecular formula is C16H11F2NO3S2. The summed E-state index contributed by atoms with van der Waals surface area (Å²) in [6.45, 7) is 0. The van der Waals surface area contributed by atoms with E-state index in [0.29, 0.717) is 5.56 Å². The summed E-state index contributed by atoms with van der Waals surface area (Å²) in [6.07, 6.45) is 1.64. The Morgan fingerprint density at radius 2 is 1.75 bits per heavy atom. The summed E-state index contributed by atoms with van der Waals surface area (Å²) in [5, 5.41) is -0.210. The van der Waals surface area contributed by atoms with E-state index in [1.165, 1.54) is 36.4 Å². The molecule has 0 bridgehead atoms. The number of rotatable bonds is 4. The Morgan fingerprint density at radius 1 is 1.04 bits per heavy atom. The third kappa shape index (κ3) is 3.07. The molecule has 3 rings (SSSR count). The van der Waals surface area contributed by atoms with Gasteiger partial charge < -0.3 is 4.42 Å². The van der Waals surface area contributed by atoms with E-state index in [-0.39, 0.29) is 20.9 Å². The minimum atomic E-state index is -4.04. The summed E-state index contributed by atoms with van der Waals surface area (Å²) < 4.78 is 57.3. The molecule has 0 spiro atoms. The molecule has 0 radical (unpaired) electrons. The van der Waals surface area contributed by atoms with Gasteiger partial charge >= 0.3 is 0 Å². The van der Waals surface area contributed by atoms with E-state index in [0.717, 1.165) is 23.9 Å². The van der Waals surface area contributed by atoms with Crippen LogP contribution in [-0.4, -0.2) is 19.7 Å². The Balaban J connectivity index is 2.12. The number of thioether (sulfide) groups is 1. The lowest BCUT2D eigenvalue weighted by Crippen LogP contribution is -2.04. The minimum absolute atomic E-state index is 0.0503. The fourth-order valence-electron chi connectivity index (χ4n) is 2.05. The van der Waals surface area contributed by atoms with Crippen LogP contribution in [0.3, 0.4) is 0 Å². The van der Waals surface area contributed by atoms with Crippen molar-refractivity contribution < 1.29 is 21.6 Å². The van der Waals surface area contributed by atoms with Gasteiger partial charge in [-0.2, -0.15) is 4.98 Å². The number of nitrogens with zero attached hydrogens (tertiary/aromatic N) is 1. The van der Waals surface area contributed by atoms with Crippen molar-refractivity contribution in [1.82, 2.24) is 4.98 Å². The molecule has 0 saturated heterocycles. The second-order valence-corrected chi connectivity index (χ2v) is 7.43. The molecule has 0 atom stereocenters. The molecule has 0 saturated carbocycles. The number of aromatic nitrogens is 1. The summed E-state index contributed by atoms with van der Waals surface area (Å²) in [7, 11) is -4.04. The first-order valence-corrected chi connectivity index (χ1v) is 9.44. The highest BCUT2D eigenvalue weighted by Crippen LogP contribution is 2.33. The molecule has 124 valence electrons. The lowest BCUT2D eigenvalue weighted by molar-refractivity contribution is 0.471. The second kappa shape index (κ2) is 6.37. The zero-order valence-electron chi connectivity index (χ0n) is 12.4. The molecule has 2 aromatic carbocycles. The van der Waals surface area contributed by atoms with E-state index < -0.39 is 21.5 Å². The van der Waals surface area contributed by atoms with Gasteiger partial charge in [-0.25, -0.2) is 17.2 Å². The summed E-state index contributed by atoms with van der Waals surface area (Å²) in [6, 6.07) is 9.98. The van der Waals surface area contributed by atoms with Gasteiger partial charge in [-0.05, 0) is 48.7 Å². The molecule has 0 fully saturated rings. The summed E-state index contributed by atoms with van der Waals surface area (Å²) in [5.41, 5.74) is 0.437. The van der Waals surface area contributed by atoms with Gasteiger partial charge in [0.2, 0.25) is 25.8 Å². The number of sulfone groups is 1. The maximum Gasteiger partial charge on any atom is 0.228 e. The summed E-state index contributed by atoms with van der Waals surface area (Å²) >= 11 is 1.06. The first-order chi connectivity index (χ1) is 11.4. The number of hydrogen-bond acceptors (Lipinski definition) is 5.